The van der Waals surface area contributed by atoms with Crippen molar-refractivity contribution >= 4 is 69.3 Å². The first-order chi connectivity index (χ1) is 62.4. The number of aliphatic hydroxyl groups excluding tert-OH is 2. The van der Waals surface area contributed by atoms with Crippen LogP contribution in [0.3, 0.4) is 0 Å². The molecule has 12 heterocycles. The van der Waals surface area contributed by atoms with Gasteiger partial charge in [-0.25, -0.2) is 38.7 Å². The molecule has 36 heteroatoms. The van der Waals surface area contributed by atoms with Crippen LogP contribution in [-0.2, 0) is 28.6 Å². The van der Waals surface area contributed by atoms with Crippen molar-refractivity contribution in [2.45, 2.75) is 74.5 Å². The predicted octanol–water partition coefficient (Wildman–Crippen LogP) is 9.05. The molecule has 666 valence electrons. The maximum atomic E-state index is 14.5. The topological polar surface area (TPSA) is 361 Å². The van der Waals surface area contributed by atoms with Gasteiger partial charge in [0.15, 0.2) is 23.6 Å². The van der Waals surface area contributed by atoms with Gasteiger partial charge >= 0.3 is 12.3 Å². The average Bonchev–Trinajstić information content (AvgIpc) is 1.59. The number of piperazine rings is 3. The average molecular weight is 1750 g/mol. The summed E-state index contributed by atoms with van der Waals surface area (Å²) >= 11 is 0. The number of hydrogen-bond donors (Lipinski definition) is 5. The second-order valence-electron chi connectivity index (χ2n) is 32.5. The molecule has 0 saturated carbocycles. The van der Waals surface area contributed by atoms with Crippen molar-refractivity contribution in [2.24, 2.45) is 0 Å². The van der Waals surface area contributed by atoms with Crippen molar-refractivity contribution in [1.82, 2.24) is 59.3 Å². The lowest BCUT2D eigenvalue weighted by molar-refractivity contribution is -0.142. The van der Waals surface area contributed by atoms with Crippen LogP contribution in [0.25, 0.3) is 34.2 Å². The highest BCUT2D eigenvalue weighted by atomic mass is 19.3. The first-order valence-corrected chi connectivity index (χ1v) is 43.0. The number of nitriles is 3. The molecule has 0 spiro atoms. The molecule has 9 aliphatic heterocycles. The van der Waals surface area contributed by atoms with Crippen molar-refractivity contribution in [3.8, 4) is 69.6 Å². The number of aliphatic hydroxyl groups is 2. The summed E-state index contributed by atoms with van der Waals surface area (Å²) in [6, 6.07) is 53.2. The second kappa shape index (κ2) is 41.2. The van der Waals surface area contributed by atoms with Crippen LogP contribution in [0.4, 0.5) is 69.1 Å². The molecule has 0 aliphatic carbocycles. The standard InChI is InChI=1S/C32H37N7O4.C30H31F2N7O4.C30H31F2N7O3/c33-19-24-18-23(3-8-29(24)43-28-2-1-12-39(13-10-28)31(41)20-40)32-34-11-9-30(36-32)35-25-4-6-26(7-5-25)37-14-16-38(17-15-37)27-21-42-22-27;31-30(32)19-39(28(41)16-40)15-26(30)43-25-6-1-20(13-21(25)14-33)29-34-8-7-27(36-29)35-22-2-4-23(5-3-22)37-9-11-38(12-10-37)24-17-42-18-24;31-28(32)30(40)39-10-8-25(17-39)42-26-6-1-20(15-21(26)16-33)29-34-9-7-27(36-29)35-22-2-4-23(5-3-22)37-11-13-38(14-12-37)24-18-41-19-24/h3-9,11,18,27-28,40H,1-2,10,12-17,20-22H2,(H,34,35,36);1-8,13,24,26,40H,9-12,15-19H2,(H,34,35,36);1-7,9,15,24-25,28H,8,10-14,17-19H2,(H,34,35,36)/t;;25-/m..1/s1. The van der Waals surface area contributed by atoms with E-state index >= 15 is 0 Å². The van der Waals surface area contributed by atoms with Gasteiger partial charge in [-0.15, -0.1) is 0 Å². The number of amides is 3. The number of ether oxygens (including phenoxy) is 6. The highest BCUT2D eigenvalue weighted by molar-refractivity contribution is 5.80. The van der Waals surface area contributed by atoms with Gasteiger partial charge in [0.2, 0.25) is 11.8 Å². The van der Waals surface area contributed by atoms with Crippen molar-refractivity contribution in [1.29, 1.82) is 15.8 Å². The van der Waals surface area contributed by atoms with Crippen LogP contribution in [0.2, 0.25) is 0 Å². The quantitative estimate of drug-likeness (QED) is 0.0352. The van der Waals surface area contributed by atoms with E-state index in [-0.39, 0.29) is 42.0 Å². The molecule has 0 radical (unpaired) electrons. The van der Waals surface area contributed by atoms with Gasteiger partial charge in [0.05, 0.1) is 94.1 Å². The number of anilines is 9. The Morgan fingerprint density at radius 2 is 0.797 bits per heavy atom. The Bertz CT molecular complexity index is 5470. The highest BCUT2D eigenvalue weighted by Gasteiger charge is 2.52. The van der Waals surface area contributed by atoms with E-state index in [1.165, 1.54) is 23.5 Å². The van der Waals surface area contributed by atoms with Crippen molar-refractivity contribution in [3.63, 3.8) is 0 Å². The summed E-state index contributed by atoms with van der Waals surface area (Å²) in [6.07, 6.45) is 2.27. The van der Waals surface area contributed by atoms with Crippen LogP contribution in [0, 0.1) is 34.0 Å². The van der Waals surface area contributed by atoms with E-state index in [4.69, 9.17) is 43.6 Å². The minimum absolute atomic E-state index is 0.0274. The molecule has 3 aromatic heterocycles. The Hall–Kier alpha value is -13.0. The number of carbonyl (C=O) groups excluding carboxylic acids is 3. The second-order valence-corrected chi connectivity index (χ2v) is 32.5. The van der Waals surface area contributed by atoms with E-state index in [1.807, 2.05) is 42.5 Å². The van der Waals surface area contributed by atoms with Crippen molar-refractivity contribution in [2.75, 3.05) is 201 Å². The van der Waals surface area contributed by atoms with Crippen LogP contribution < -0.4 is 44.9 Å². The molecular weight excluding hydrogens is 1650 g/mol. The molecule has 9 aromatic rings. The van der Waals surface area contributed by atoms with E-state index in [1.54, 1.807) is 72.0 Å². The minimum atomic E-state index is -3.34. The smallest absolute Gasteiger partial charge is 0.315 e. The fourth-order valence-corrected chi connectivity index (χ4v) is 16.7. The largest absolute Gasteiger partial charge is 0.489 e. The third-order valence-corrected chi connectivity index (χ3v) is 24.3. The minimum Gasteiger partial charge on any atom is -0.489 e. The molecule has 0 bridgehead atoms. The number of benzene rings is 6. The molecule has 32 nitrogen and oxygen atoms in total. The fraction of sp³-hybridized carbons (Fsp3) is 0.413. The summed E-state index contributed by atoms with van der Waals surface area (Å²) in [6.45, 7) is 16.1. The third-order valence-electron chi connectivity index (χ3n) is 24.3. The maximum absolute atomic E-state index is 14.5. The van der Waals surface area contributed by atoms with E-state index in [0.29, 0.717) is 107 Å². The zero-order chi connectivity index (χ0) is 88.6. The number of nitrogens with zero attached hydrogens (tertiary/aromatic N) is 18. The third kappa shape index (κ3) is 21.8. The Kier molecular flexibility index (Phi) is 28.5. The highest BCUT2D eigenvalue weighted by Crippen LogP contribution is 2.37. The Morgan fingerprint density at radius 1 is 0.438 bits per heavy atom. The first kappa shape index (κ1) is 88.5. The molecule has 3 atom stereocenters. The van der Waals surface area contributed by atoms with Gasteiger partial charge in [-0.3, -0.25) is 29.1 Å². The summed E-state index contributed by atoms with van der Waals surface area (Å²) in [5.41, 5.74) is 8.80. The summed E-state index contributed by atoms with van der Waals surface area (Å²) in [4.78, 5) is 80.5. The molecule has 3 amide bonds. The van der Waals surface area contributed by atoms with Gasteiger partial charge in [-0.2, -0.15) is 24.6 Å². The van der Waals surface area contributed by atoms with Crippen LogP contribution in [0.1, 0.15) is 42.4 Å². The lowest BCUT2D eigenvalue weighted by Crippen LogP contribution is -2.56. The number of nitrogens with one attached hydrogen (secondary N) is 3. The molecule has 2 unspecified atom stereocenters. The summed E-state index contributed by atoms with van der Waals surface area (Å²) in [5.74, 6) is -1.72. The van der Waals surface area contributed by atoms with E-state index in [0.717, 1.165) is 169 Å². The van der Waals surface area contributed by atoms with Crippen LogP contribution >= 0.6 is 0 Å². The number of alkyl halides is 4. The van der Waals surface area contributed by atoms with Crippen LogP contribution in [0.15, 0.2) is 164 Å². The number of carbonyl (C=O) groups is 3. The molecule has 9 aliphatic rings. The Labute approximate surface area is 737 Å². The number of hydrogen-bond acceptors (Lipinski definition) is 29. The fourth-order valence-electron chi connectivity index (χ4n) is 16.7. The number of aromatic nitrogens is 6. The summed E-state index contributed by atoms with van der Waals surface area (Å²) < 4.78 is 88.1. The van der Waals surface area contributed by atoms with Crippen molar-refractivity contribution in [3.05, 3.63) is 181 Å². The Balaban J connectivity index is 0.000000141. The Morgan fingerprint density at radius 3 is 1.16 bits per heavy atom. The monoisotopic (exact) mass is 1750 g/mol. The molecule has 18 rings (SSSR count). The number of halogens is 4. The maximum Gasteiger partial charge on any atom is 0.315 e. The molecular formula is C92H99F4N21O11. The lowest BCUT2D eigenvalue weighted by atomic mass is 10.1. The number of likely N-dealkylation sites (tertiary alicyclic amines) is 3. The summed E-state index contributed by atoms with van der Waals surface area (Å²) in [7, 11) is 0. The number of rotatable bonds is 24. The van der Waals surface area contributed by atoms with E-state index in [2.05, 4.69) is 131 Å². The van der Waals surface area contributed by atoms with Gasteiger partial charge in [0.25, 0.3) is 5.91 Å². The van der Waals surface area contributed by atoms with Crippen molar-refractivity contribution < 1.29 is 70.6 Å². The van der Waals surface area contributed by atoms with Gasteiger partial charge in [0, 0.05) is 180 Å². The zero-order valence-corrected chi connectivity index (χ0v) is 70.5. The van der Waals surface area contributed by atoms with Gasteiger partial charge in [-0.05, 0) is 158 Å². The van der Waals surface area contributed by atoms with Gasteiger partial charge < -0.3 is 84.0 Å². The first-order valence-electron chi connectivity index (χ1n) is 43.0. The predicted molar refractivity (Wildman–Crippen MR) is 467 cm³/mol. The van der Waals surface area contributed by atoms with Crippen LogP contribution in [0.5, 0.6) is 17.2 Å². The van der Waals surface area contributed by atoms with E-state index < -0.39 is 62.7 Å². The SMILES string of the molecule is N#Cc1cc(-c2nccc(Nc3ccc(N4CCN(C5COC5)CC4)cc3)n2)ccc1OC1CCCN(C(=O)CO)CC1.N#Cc1cc(-c2nccc(Nc3ccc(N4CCN(C5COC5)CC4)cc3)n2)ccc1OC1CN(C(=O)CO)CC1(F)F.N#Cc1cc(-c2nccc(Nc3ccc(N4CCN(C5COC5)CC4)cc3)n2)ccc1O[C@@H]1CCN(C(=O)C(F)F)C1. The molecule has 5 N–H and O–H groups in total. The van der Waals surface area contributed by atoms with Crippen LogP contribution in [-0.4, -0.2) is 307 Å². The van der Waals surface area contributed by atoms with Gasteiger partial charge in [0.1, 0.15) is 78.3 Å². The molecule has 128 heavy (non-hydrogen) atoms. The zero-order valence-electron chi connectivity index (χ0n) is 70.5. The van der Waals surface area contributed by atoms with E-state index in [9.17, 15) is 47.7 Å². The molecule has 6 aromatic carbocycles. The normalized spacial score (nSPS) is 19.8. The lowest BCUT2D eigenvalue weighted by Gasteiger charge is -2.43. The summed E-state index contributed by atoms with van der Waals surface area (Å²) in [5, 5.41) is 57.5. The molecule has 9 saturated heterocycles. The molecule has 9 fully saturated rings. The van der Waals surface area contributed by atoms with Gasteiger partial charge in [-0.1, -0.05) is 0 Å².